The summed E-state index contributed by atoms with van der Waals surface area (Å²) < 4.78 is 15.4. The zero-order valence-electron chi connectivity index (χ0n) is 11.7. The van der Waals surface area contributed by atoms with Gasteiger partial charge in [-0.25, -0.2) is 9.37 Å². The number of hydrogen-bond acceptors (Lipinski definition) is 2. The summed E-state index contributed by atoms with van der Waals surface area (Å²) in [5.41, 5.74) is 2.12. The van der Waals surface area contributed by atoms with E-state index in [-0.39, 0.29) is 11.9 Å². The van der Waals surface area contributed by atoms with Gasteiger partial charge in [-0.1, -0.05) is 13.0 Å². The Bertz CT molecular complexity index is 548. The highest BCUT2D eigenvalue weighted by molar-refractivity contribution is 5.32. The fourth-order valence-corrected chi connectivity index (χ4v) is 2.30. The number of rotatable bonds is 5. The first-order chi connectivity index (χ1) is 9.11. The fraction of sp³-hybridized carbons (Fsp3) is 0.400. The molecule has 0 aliphatic rings. The maximum atomic E-state index is 13.5. The van der Waals surface area contributed by atoms with Crippen LogP contribution >= 0.6 is 0 Å². The molecule has 0 aliphatic heterocycles. The Morgan fingerprint density at radius 3 is 2.84 bits per heavy atom. The van der Waals surface area contributed by atoms with Crippen molar-refractivity contribution in [2.45, 2.75) is 26.3 Å². The van der Waals surface area contributed by atoms with Gasteiger partial charge in [0.2, 0.25) is 0 Å². The first kappa shape index (κ1) is 13.7. The monoisotopic (exact) mass is 261 g/mol. The van der Waals surface area contributed by atoms with Gasteiger partial charge in [0, 0.05) is 31.9 Å². The molecule has 1 atom stereocenters. The van der Waals surface area contributed by atoms with Crippen molar-refractivity contribution >= 4 is 0 Å². The Morgan fingerprint density at radius 2 is 2.21 bits per heavy atom. The minimum Gasteiger partial charge on any atom is -0.338 e. The van der Waals surface area contributed by atoms with Crippen molar-refractivity contribution in [3.05, 3.63) is 53.4 Å². The van der Waals surface area contributed by atoms with Crippen molar-refractivity contribution in [1.82, 2.24) is 14.9 Å². The van der Waals surface area contributed by atoms with E-state index < -0.39 is 0 Å². The van der Waals surface area contributed by atoms with Gasteiger partial charge in [0.15, 0.2) is 0 Å². The van der Waals surface area contributed by atoms with Crippen LogP contribution in [0.2, 0.25) is 0 Å². The SMILES string of the molecule is CCNC(C)c1ccc(F)cc1Cc1nccn1C. The molecule has 1 unspecified atom stereocenters. The van der Waals surface area contributed by atoms with Gasteiger partial charge >= 0.3 is 0 Å². The van der Waals surface area contributed by atoms with Crippen LogP contribution in [0.1, 0.15) is 36.8 Å². The van der Waals surface area contributed by atoms with Crippen LogP contribution < -0.4 is 5.32 Å². The molecular weight excluding hydrogens is 241 g/mol. The molecule has 1 N–H and O–H groups in total. The maximum absolute atomic E-state index is 13.5. The second-order valence-corrected chi connectivity index (χ2v) is 4.75. The average molecular weight is 261 g/mol. The van der Waals surface area contributed by atoms with Crippen molar-refractivity contribution in [1.29, 1.82) is 0 Å². The molecule has 0 amide bonds. The van der Waals surface area contributed by atoms with Crippen LogP contribution in [0.5, 0.6) is 0 Å². The van der Waals surface area contributed by atoms with E-state index in [9.17, 15) is 4.39 Å². The molecule has 1 aromatic heterocycles. The number of nitrogens with one attached hydrogen (secondary N) is 1. The summed E-state index contributed by atoms with van der Waals surface area (Å²) in [5, 5.41) is 3.37. The molecule has 3 nitrogen and oxygen atoms in total. The van der Waals surface area contributed by atoms with E-state index in [1.807, 2.05) is 23.9 Å². The predicted octanol–water partition coefficient (Wildman–Crippen LogP) is 2.82. The van der Waals surface area contributed by atoms with Crippen molar-refractivity contribution in [2.75, 3.05) is 6.54 Å². The van der Waals surface area contributed by atoms with Gasteiger partial charge in [0.1, 0.15) is 11.6 Å². The summed E-state index contributed by atoms with van der Waals surface area (Å²) in [6, 6.07) is 5.20. The van der Waals surface area contributed by atoms with Crippen LogP contribution in [0, 0.1) is 5.82 Å². The summed E-state index contributed by atoms with van der Waals surface area (Å²) in [4.78, 5) is 4.31. The molecule has 0 spiro atoms. The average Bonchev–Trinajstić information content (AvgIpc) is 2.75. The summed E-state index contributed by atoms with van der Waals surface area (Å²) in [5.74, 6) is 0.743. The Kier molecular flexibility index (Phi) is 4.32. The number of imidazole rings is 1. The second-order valence-electron chi connectivity index (χ2n) is 4.75. The fourth-order valence-electron chi connectivity index (χ4n) is 2.30. The summed E-state index contributed by atoms with van der Waals surface area (Å²) in [7, 11) is 1.95. The number of aromatic nitrogens is 2. The van der Waals surface area contributed by atoms with Crippen LogP contribution in [-0.4, -0.2) is 16.1 Å². The van der Waals surface area contributed by atoms with E-state index in [1.54, 1.807) is 12.3 Å². The minimum absolute atomic E-state index is 0.198. The first-order valence-electron chi connectivity index (χ1n) is 6.59. The molecule has 0 aliphatic carbocycles. The molecule has 2 aromatic rings. The smallest absolute Gasteiger partial charge is 0.123 e. The van der Waals surface area contributed by atoms with Crippen molar-refractivity contribution in [2.24, 2.45) is 7.05 Å². The first-order valence-corrected chi connectivity index (χ1v) is 6.59. The molecule has 0 saturated carbocycles. The molecule has 1 heterocycles. The zero-order chi connectivity index (χ0) is 13.8. The Morgan fingerprint density at radius 1 is 1.42 bits per heavy atom. The van der Waals surface area contributed by atoms with Crippen LogP contribution in [-0.2, 0) is 13.5 Å². The van der Waals surface area contributed by atoms with Crippen LogP contribution in [0.4, 0.5) is 4.39 Å². The standard InChI is InChI=1S/C15H20FN3/c1-4-17-11(2)14-6-5-13(16)9-12(14)10-15-18-7-8-19(15)3/h5-9,11,17H,4,10H2,1-3H3. The lowest BCUT2D eigenvalue weighted by atomic mass is 9.98. The Hall–Kier alpha value is -1.68. The maximum Gasteiger partial charge on any atom is 0.123 e. The van der Waals surface area contributed by atoms with Gasteiger partial charge in [0.05, 0.1) is 0 Å². The lowest BCUT2D eigenvalue weighted by Gasteiger charge is -2.17. The topological polar surface area (TPSA) is 29.9 Å². The van der Waals surface area contributed by atoms with Gasteiger partial charge in [0.25, 0.3) is 0 Å². The van der Waals surface area contributed by atoms with E-state index in [0.717, 1.165) is 23.5 Å². The lowest BCUT2D eigenvalue weighted by molar-refractivity contribution is 0.585. The van der Waals surface area contributed by atoms with Gasteiger partial charge in [-0.05, 0) is 36.7 Å². The predicted molar refractivity (Wildman–Crippen MR) is 74.5 cm³/mol. The van der Waals surface area contributed by atoms with E-state index in [1.165, 1.54) is 6.07 Å². The largest absolute Gasteiger partial charge is 0.338 e. The Labute approximate surface area is 113 Å². The molecule has 102 valence electrons. The summed E-state index contributed by atoms with van der Waals surface area (Å²) in [6.45, 7) is 5.05. The molecular formula is C15H20FN3. The third kappa shape index (κ3) is 3.20. The van der Waals surface area contributed by atoms with E-state index in [0.29, 0.717) is 6.42 Å². The van der Waals surface area contributed by atoms with Gasteiger partial charge in [-0.2, -0.15) is 0 Å². The van der Waals surface area contributed by atoms with Crippen molar-refractivity contribution < 1.29 is 4.39 Å². The summed E-state index contributed by atoms with van der Waals surface area (Å²) in [6.07, 6.45) is 4.32. The highest BCUT2D eigenvalue weighted by Crippen LogP contribution is 2.21. The summed E-state index contributed by atoms with van der Waals surface area (Å²) >= 11 is 0. The second kappa shape index (κ2) is 5.97. The number of benzene rings is 1. The van der Waals surface area contributed by atoms with Crippen molar-refractivity contribution in [3.63, 3.8) is 0 Å². The third-order valence-corrected chi connectivity index (χ3v) is 3.35. The highest BCUT2D eigenvalue weighted by atomic mass is 19.1. The number of hydrogen-bond donors (Lipinski definition) is 1. The van der Waals surface area contributed by atoms with E-state index in [2.05, 4.69) is 24.1 Å². The minimum atomic E-state index is -0.198. The molecule has 0 fully saturated rings. The quantitative estimate of drug-likeness (QED) is 0.897. The van der Waals surface area contributed by atoms with Gasteiger partial charge in [-0.15, -0.1) is 0 Å². The number of nitrogens with zero attached hydrogens (tertiary/aromatic N) is 2. The molecule has 19 heavy (non-hydrogen) atoms. The Balaban J connectivity index is 2.32. The zero-order valence-corrected chi connectivity index (χ0v) is 11.7. The molecule has 0 bridgehead atoms. The number of aryl methyl sites for hydroxylation is 1. The molecule has 4 heteroatoms. The van der Waals surface area contributed by atoms with E-state index >= 15 is 0 Å². The van der Waals surface area contributed by atoms with Crippen LogP contribution in [0.3, 0.4) is 0 Å². The van der Waals surface area contributed by atoms with Gasteiger partial charge in [-0.3, -0.25) is 0 Å². The molecule has 0 saturated heterocycles. The highest BCUT2D eigenvalue weighted by Gasteiger charge is 2.12. The lowest BCUT2D eigenvalue weighted by Crippen LogP contribution is -2.19. The normalized spacial score (nSPS) is 12.6. The molecule has 0 radical (unpaired) electrons. The van der Waals surface area contributed by atoms with Crippen LogP contribution in [0.15, 0.2) is 30.6 Å². The molecule has 1 aromatic carbocycles. The molecule has 2 rings (SSSR count). The van der Waals surface area contributed by atoms with Crippen LogP contribution in [0.25, 0.3) is 0 Å². The number of halogens is 1. The van der Waals surface area contributed by atoms with E-state index in [4.69, 9.17) is 0 Å². The van der Waals surface area contributed by atoms with Crippen molar-refractivity contribution in [3.8, 4) is 0 Å². The van der Waals surface area contributed by atoms with Gasteiger partial charge < -0.3 is 9.88 Å². The third-order valence-electron chi connectivity index (χ3n) is 3.35.